The van der Waals surface area contributed by atoms with Gasteiger partial charge in [0.1, 0.15) is 5.76 Å². The number of anilines is 1. The van der Waals surface area contributed by atoms with E-state index in [1.165, 1.54) is 6.92 Å². The summed E-state index contributed by atoms with van der Waals surface area (Å²) in [5.74, 6) is 0.0689. The number of hydrogen-bond donors (Lipinski definition) is 1. The molecule has 2 atom stereocenters. The number of ether oxygens (including phenoxy) is 2. The molecule has 0 radical (unpaired) electrons. The number of methoxy groups -OCH3 is 1. The number of fused-ring (bicyclic) bond motifs is 1. The molecule has 154 valence electrons. The van der Waals surface area contributed by atoms with Crippen LogP contribution in [-0.2, 0) is 19.1 Å². The Morgan fingerprint density at radius 3 is 2.83 bits per heavy atom. The first-order valence-corrected chi connectivity index (χ1v) is 10.4. The van der Waals surface area contributed by atoms with Crippen LogP contribution in [0.2, 0.25) is 0 Å². The van der Waals surface area contributed by atoms with Gasteiger partial charge in [-0.15, -0.1) is 11.8 Å². The van der Waals surface area contributed by atoms with E-state index in [-0.39, 0.29) is 11.2 Å². The van der Waals surface area contributed by atoms with Gasteiger partial charge in [0.15, 0.2) is 6.10 Å². The second kappa shape index (κ2) is 9.80. The third kappa shape index (κ3) is 4.92. The van der Waals surface area contributed by atoms with Crippen molar-refractivity contribution >= 4 is 29.3 Å². The maximum atomic E-state index is 13.5. The number of nitrogens with zero attached hydrogens (tertiary/aromatic N) is 1. The Balaban J connectivity index is 2.06. The molecule has 0 fully saturated rings. The number of rotatable bonds is 6. The Kier molecular flexibility index (Phi) is 7.17. The smallest absolute Gasteiger partial charge is 0.303 e. The third-order valence-electron chi connectivity index (χ3n) is 4.77. The van der Waals surface area contributed by atoms with E-state index in [1.807, 2.05) is 55.6 Å². The van der Waals surface area contributed by atoms with Gasteiger partial charge in [0.25, 0.3) is 5.91 Å². The molecule has 0 saturated carbocycles. The molecule has 2 aliphatic rings. The molecule has 3 rings (SSSR count). The molecule has 1 heterocycles. The van der Waals surface area contributed by atoms with Crippen LogP contribution in [0.1, 0.15) is 13.3 Å². The van der Waals surface area contributed by atoms with Crippen LogP contribution in [0.25, 0.3) is 0 Å². The van der Waals surface area contributed by atoms with Crippen LogP contribution in [0.15, 0.2) is 64.8 Å². The molecule has 0 spiro atoms. The fourth-order valence-electron chi connectivity index (χ4n) is 3.37. The predicted octanol–water partition coefficient (Wildman–Crippen LogP) is 3.06. The van der Waals surface area contributed by atoms with Gasteiger partial charge in [0, 0.05) is 24.9 Å². The lowest BCUT2D eigenvalue weighted by molar-refractivity contribution is -0.152. The molecule has 1 aromatic carbocycles. The van der Waals surface area contributed by atoms with Gasteiger partial charge in [-0.25, -0.2) is 0 Å². The fraction of sp³-hybridized carbons (Fsp3) is 0.364. The van der Waals surface area contributed by atoms with Crippen LogP contribution in [-0.4, -0.2) is 50.5 Å². The SMILES string of the molecule is CNCCN1C(=O)C(OC(C)=O)C(C2=CC=C(OC)C=CC2)Sc2ccccc21. The number of amides is 1. The second-order valence-corrected chi connectivity index (χ2v) is 7.93. The normalized spacial score (nSPS) is 21.5. The summed E-state index contributed by atoms with van der Waals surface area (Å²) >= 11 is 1.56. The van der Waals surface area contributed by atoms with Gasteiger partial charge < -0.3 is 19.7 Å². The highest BCUT2D eigenvalue weighted by Gasteiger charge is 2.41. The van der Waals surface area contributed by atoms with Crippen molar-refractivity contribution in [2.75, 3.05) is 32.1 Å². The summed E-state index contributed by atoms with van der Waals surface area (Å²) < 4.78 is 10.9. The molecule has 1 amide bonds. The summed E-state index contributed by atoms with van der Waals surface area (Å²) in [5.41, 5.74) is 1.85. The summed E-state index contributed by atoms with van der Waals surface area (Å²) in [6.45, 7) is 2.47. The van der Waals surface area contributed by atoms with Crippen molar-refractivity contribution in [3.05, 3.63) is 59.9 Å². The van der Waals surface area contributed by atoms with Crippen LogP contribution in [0, 0.1) is 0 Å². The van der Waals surface area contributed by atoms with Crippen molar-refractivity contribution in [2.24, 2.45) is 0 Å². The first kappa shape index (κ1) is 21.2. The van der Waals surface area contributed by atoms with Crippen molar-refractivity contribution in [3.8, 4) is 0 Å². The number of allylic oxidation sites excluding steroid dienone is 4. The molecule has 7 heteroatoms. The van der Waals surface area contributed by atoms with Gasteiger partial charge in [0.2, 0.25) is 0 Å². The van der Waals surface area contributed by atoms with E-state index < -0.39 is 12.1 Å². The predicted molar refractivity (Wildman–Crippen MR) is 115 cm³/mol. The molecule has 1 aromatic rings. The van der Waals surface area contributed by atoms with Gasteiger partial charge in [-0.3, -0.25) is 9.59 Å². The number of benzene rings is 1. The van der Waals surface area contributed by atoms with E-state index in [2.05, 4.69) is 5.32 Å². The number of carbonyl (C=O) groups excluding carboxylic acids is 2. The van der Waals surface area contributed by atoms with Crippen molar-refractivity contribution in [3.63, 3.8) is 0 Å². The third-order valence-corrected chi connectivity index (χ3v) is 6.17. The highest BCUT2D eigenvalue weighted by Crippen LogP contribution is 2.42. The molecule has 1 aliphatic carbocycles. The van der Waals surface area contributed by atoms with Crippen LogP contribution >= 0.6 is 11.8 Å². The van der Waals surface area contributed by atoms with Gasteiger partial charge in [-0.05, 0) is 43.3 Å². The molecule has 0 bridgehead atoms. The lowest BCUT2D eigenvalue weighted by atomic mass is 10.0. The van der Waals surface area contributed by atoms with Crippen molar-refractivity contribution in [1.82, 2.24) is 5.32 Å². The van der Waals surface area contributed by atoms with Crippen molar-refractivity contribution in [2.45, 2.75) is 29.6 Å². The lowest BCUT2D eigenvalue weighted by Gasteiger charge is -2.28. The minimum atomic E-state index is -0.904. The van der Waals surface area contributed by atoms with E-state index >= 15 is 0 Å². The number of hydrogen-bond acceptors (Lipinski definition) is 6. The Hall–Kier alpha value is -2.51. The summed E-state index contributed by atoms with van der Waals surface area (Å²) in [7, 11) is 3.47. The molecular weight excluding hydrogens is 388 g/mol. The standard InChI is InChI=1S/C22H26N2O4S/c1-15(25)28-20-21(16-7-6-8-17(27-3)12-11-16)29-19-10-5-4-9-18(19)24(22(20)26)14-13-23-2/h4-6,8-12,20-21,23H,7,13-14H2,1-3H3. The van der Waals surface area contributed by atoms with E-state index in [1.54, 1.807) is 23.8 Å². The maximum Gasteiger partial charge on any atom is 0.303 e. The van der Waals surface area contributed by atoms with Crippen LogP contribution in [0.4, 0.5) is 5.69 Å². The summed E-state index contributed by atoms with van der Waals surface area (Å²) in [4.78, 5) is 28.1. The Morgan fingerprint density at radius 1 is 1.31 bits per heavy atom. The summed E-state index contributed by atoms with van der Waals surface area (Å²) in [6, 6.07) is 7.82. The molecule has 29 heavy (non-hydrogen) atoms. The molecule has 0 saturated heterocycles. The number of para-hydroxylation sites is 1. The van der Waals surface area contributed by atoms with Gasteiger partial charge in [-0.1, -0.05) is 24.3 Å². The van der Waals surface area contributed by atoms with E-state index in [0.29, 0.717) is 19.5 Å². The average Bonchev–Trinajstić information content (AvgIpc) is 3.01. The Labute approximate surface area is 175 Å². The number of nitrogens with one attached hydrogen (secondary N) is 1. The molecule has 6 nitrogen and oxygen atoms in total. The molecule has 1 aliphatic heterocycles. The summed E-state index contributed by atoms with van der Waals surface area (Å²) in [5, 5.41) is 2.76. The lowest BCUT2D eigenvalue weighted by Crippen LogP contribution is -2.47. The van der Waals surface area contributed by atoms with Gasteiger partial charge >= 0.3 is 5.97 Å². The highest BCUT2D eigenvalue weighted by atomic mass is 32.2. The molecular formula is C22H26N2O4S. The van der Waals surface area contributed by atoms with E-state index in [9.17, 15) is 9.59 Å². The Morgan fingerprint density at radius 2 is 2.10 bits per heavy atom. The first-order valence-electron chi connectivity index (χ1n) is 9.55. The fourth-order valence-corrected chi connectivity index (χ4v) is 4.72. The van der Waals surface area contributed by atoms with Crippen molar-refractivity contribution < 1.29 is 19.1 Å². The van der Waals surface area contributed by atoms with Crippen molar-refractivity contribution in [1.29, 1.82) is 0 Å². The number of esters is 1. The zero-order valence-electron chi connectivity index (χ0n) is 16.9. The molecule has 0 aromatic heterocycles. The topological polar surface area (TPSA) is 67.9 Å². The minimum absolute atomic E-state index is 0.206. The molecule has 1 N–H and O–H groups in total. The average molecular weight is 415 g/mol. The Bertz CT molecular complexity index is 862. The van der Waals surface area contributed by atoms with E-state index in [0.717, 1.165) is 21.9 Å². The highest BCUT2D eigenvalue weighted by molar-refractivity contribution is 8.00. The largest absolute Gasteiger partial charge is 0.497 e. The monoisotopic (exact) mass is 414 g/mol. The minimum Gasteiger partial charge on any atom is -0.497 e. The van der Waals surface area contributed by atoms with E-state index in [4.69, 9.17) is 9.47 Å². The maximum absolute atomic E-state index is 13.5. The molecule has 2 unspecified atom stereocenters. The van der Waals surface area contributed by atoms with Gasteiger partial charge in [-0.2, -0.15) is 0 Å². The summed E-state index contributed by atoms with van der Waals surface area (Å²) in [6.07, 6.45) is 7.49. The zero-order chi connectivity index (χ0) is 20.8. The van der Waals surface area contributed by atoms with Crippen LogP contribution in [0.3, 0.4) is 0 Å². The van der Waals surface area contributed by atoms with Crippen LogP contribution < -0.4 is 10.2 Å². The number of carbonyl (C=O) groups is 2. The number of likely N-dealkylation sites (N-methyl/N-ethyl adjacent to an activating group) is 1. The quantitative estimate of drug-likeness (QED) is 0.722. The second-order valence-electron chi connectivity index (χ2n) is 6.75. The zero-order valence-corrected chi connectivity index (χ0v) is 17.7. The number of thioether (sulfide) groups is 1. The van der Waals surface area contributed by atoms with Gasteiger partial charge in [0.05, 0.1) is 18.0 Å². The first-order chi connectivity index (χ1) is 14.0. The van der Waals surface area contributed by atoms with Crippen LogP contribution in [0.5, 0.6) is 0 Å².